The van der Waals surface area contributed by atoms with E-state index in [1.165, 1.54) is 12.8 Å². The molecule has 0 saturated heterocycles. The van der Waals surface area contributed by atoms with Crippen molar-refractivity contribution in [3.05, 3.63) is 47.5 Å². The van der Waals surface area contributed by atoms with Gasteiger partial charge in [0.2, 0.25) is 0 Å². The highest BCUT2D eigenvalue weighted by Gasteiger charge is 2.20. The van der Waals surface area contributed by atoms with Gasteiger partial charge in [0.25, 0.3) is 0 Å². The summed E-state index contributed by atoms with van der Waals surface area (Å²) in [6, 6.07) is 12.0. The first-order valence-electron chi connectivity index (χ1n) is 11.2. The number of ether oxygens (including phenoxy) is 4. The summed E-state index contributed by atoms with van der Waals surface area (Å²) in [6.45, 7) is 1.33. The highest BCUT2D eigenvalue weighted by molar-refractivity contribution is 5.79. The second kappa shape index (κ2) is 12.1. The molecule has 2 aromatic rings. The summed E-state index contributed by atoms with van der Waals surface area (Å²) in [7, 11) is 6.74. The van der Waals surface area contributed by atoms with Crippen LogP contribution in [0.25, 0.3) is 0 Å². The van der Waals surface area contributed by atoms with E-state index >= 15 is 0 Å². The Labute approximate surface area is 191 Å². The maximum atomic E-state index is 6.33. The standard InChI is InChI=1S/C25H35N3O4/c1-26-25(27-15-14-18-12-13-21(29-2)23(16-18)31-4)28-17-19-8-7-11-22(30-3)24(19)32-20-9-5-6-10-20/h7-8,11-13,16,20H,5-6,9-10,14-15,17H2,1-4H3,(H2,26,27,28). The van der Waals surface area contributed by atoms with Gasteiger partial charge in [-0.15, -0.1) is 0 Å². The smallest absolute Gasteiger partial charge is 0.191 e. The van der Waals surface area contributed by atoms with Gasteiger partial charge >= 0.3 is 0 Å². The van der Waals surface area contributed by atoms with Crippen LogP contribution in [0.2, 0.25) is 0 Å². The van der Waals surface area contributed by atoms with Crippen molar-refractivity contribution in [2.24, 2.45) is 4.99 Å². The van der Waals surface area contributed by atoms with Gasteiger partial charge in [-0.05, 0) is 55.9 Å². The van der Waals surface area contributed by atoms with E-state index in [0.717, 1.165) is 65.9 Å². The molecule has 0 amide bonds. The van der Waals surface area contributed by atoms with Crippen molar-refractivity contribution >= 4 is 5.96 Å². The van der Waals surface area contributed by atoms with Gasteiger partial charge < -0.3 is 29.6 Å². The summed E-state index contributed by atoms with van der Waals surface area (Å²) in [4.78, 5) is 4.35. The van der Waals surface area contributed by atoms with Crippen LogP contribution in [0.3, 0.4) is 0 Å². The Morgan fingerprint density at radius 3 is 2.38 bits per heavy atom. The van der Waals surface area contributed by atoms with Crippen molar-refractivity contribution in [2.75, 3.05) is 34.9 Å². The molecule has 3 rings (SSSR count). The van der Waals surface area contributed by atoms with Crippen LogP contribution in [0, 0.1) is 0 Å². The lowest BCUT2D eigenvalue weighted by atomic mass is 10.1. The van der Waals surface area contributed by atoms with E-state index < -0.39 is 0 Å². The monoisotopic (exact) mass is 441 g/mol. The maximum absolute atomic E-state index is 6.33. The van der Waals surface area contributed by atoms with Crippen LogP contribution in [-0.2, 0) is 13.0 Å². The van der Waals surface area contributed by atoms with E-state index in [1.807, 2.05) is 30.3 Å². The molecular weight excluding hydrogens is 406 g/mol. The molecule has 0 aliphatic heterocycles. The van der Waals surface area contributed by atoms with Crippen molar-refractivity contribution in [3.8, 4) is 23.0 Å². The van der Waals surface area contributed by atoms with Crippen LogP contribution >= 0.6 is 0 Å². The van der Waals surface area contributed by atoms with E-state index in [-0.39, 0.29) is 6.10 Å². The molecule has 0 aromatic heterocycles. The Hall–Kier alpha value is -3.09. The van der Waals surface area contributed by atoms with Crippen molar-refractivity contribution in [2.45, 2.75) is 44.8 Å². The molecular formula is C25H35N3O4. The number of guanidine groups is 1. The van der Waals surface area contributed by atoms with Gasteiger partial charge in [0.05, 0.1) is 27.4 Å². The van der Waals surface area contributed by atoms with Crippen LogP contribution < -0.4 is 29.6 Å². The second-order valence-electron chi connectivity index (χ2n) is 7.76. The zero-order valence-electron chi connectivity index (χ0n) is 19.6. The van der Waals surface area contributed by atoms with Crippen molar-refractivity contribution in [3.63, 3.8) is 0 Å². The number of aliphatic imine (C=N–C) groups is 1. The number of benzene rings is 2. The van der Waals surface area contributed by atoms with Gasteiger partial charge in [-0.3, -0.25) is 4.99 Å². The Balaban J connectivity index is 1.56. The average molecular weight is 442 g/mol. The number of para-hydroxylation sites is 1. The van der Waals surface area contributed by atoms with Gasteiger partial charge in [-0.2, -0.15) is 0 Å². The van der Waals surface area contributed by atoms with Gasteiger partial charge in [0.1, 0.15) is 0 Å². The molecule has 1 fully saturated rings. The number of nitrogens with one attached hydrogen (secondary N) is 2. The number of methoxy groups -OCH3 is 3. The van der Waals surface area contributed by atoms with Gasteiger partial charge in [-0.1, -0.05) is 18.2 Å². The fourth-order valence-corrected chi connectivity index (χ4v) is 3.93. The van der Waals surface area contributed by atoms with E-state index in [2.05, 4.69) is 21.7 Å². The lowest BCUT2D eigenvalue weighted by Crippen LogP contribution is -2.38. The topological polar surface area (TPSA) is 73.3 Å². The Morgan fingerprint density at radius 2 is 1.69 bits per heavy atom. The van der Waals surface area contributed by atoms with E-state index in [9.17, 15) is 0 Å². The minimum absolute atomic E-state index is 0.268. The van der Waals surface area contributed by atoms with Crippen LogP contribution in [0.5, 0.6) is 23.0 Å². The van der Waals surface area contributed by atoms with E-state index in [1.54, 1.807) is 28.4 Å². The third kappa shape index (κ3) is 6.22. The zero-order chi connectivity index (χ0) is 22.8. The van der Waals surface area contributed by atoms with E-state index in [0.29, 0.717) is 6.54 Å². The van der Waals surface area contributed by atoms with Crippen LogP contribution in [0.15, 0.2) is 41.4 Å². The number of hydrogen-bond acceptors (Lipinski definition) is 5. The molecule has 1 aliphatic rings. The van der Waals surface area contributed by atoms with Crippen molar-refractivity contribution < 1.29 is 18.9 Å². The first kappa shape index (κ1) is 23.6. The summed E-state index contributed by atoms with van der Waals surface area (Å²) >= 11 is 0. The SMILES string of the molecule is CN=C(NCCc1ccc(OC)c(OC)c1)NCc1cccc(OC)c1OC1CCCC1. The summed E-state index contributed by atoms with van der Waals surface area (Å²) in [5.41, 5.74) is 2.21. The number of hydrogen-bond donors (Lipinski definition) is 2. The maximum Gasteiger partial charge on any atom is 0.191 e. The molecule has 7 nitrogen and oxygen atoms in total. The summed E-state index contributed by atoms with van der Waals surface area (Å²) in [5.74, 6) is 3.80. The Morgan fingerprint density at radius 1 is 0.938 bits per heavy atom. The summed E-state index contributed by atoms with van der Waals surface area (Å²) < 4.78 is 22.6. The molecule has 0 heterocycles. The molecule has 1 aliphatic carbocycles. The third-order valence-corrected chi connectivity index (χ3v) is 5.69. The zero-order valence-corrected chi connectivity index (χ0v) is 19.6. The molecule has 174 valence electrons. The Bertz CT molecular complexity index is 895. The molecule has 0 bridgehead atoms. The molecule has 0 spiro atoms. The number of rotatable bonds is 10. The fourth-order valence-electron chi connectivity index (χ4n) is 3.93. The van der Waals surface area contributed by atoms with Crippen LogP contribution in [-0.4, -0.2) is 47.0 Å². The van der Waals surface area contributed by atoms with Gasteiger partial charge in [-0.25, -0.2) is 0 Å². The van der Waals surface area contributed by atoms with Crippen LogP contribution in [0.4, 0.5) is 0 Å². The minimum Gasteiger partial charge on any atom is -0.493 e. The van der Waals surface area contributed by atoms with Crippen molar-refractivity contribution in [1.82, 2.24) is 10.6 Å². The molecule has 0 atom stereocenters. The first-order chi connectivity index (χ1) is 15.7. The fraction of sp³-hybridized carbons (Fsp3) is 0.480. The summed E-state index contributed by atoms with van der Waals surface area (Å²) in [5, 5.41) is 6.76. The summed E-state index contributed by atoms with van der Waals surface area (Å²) in [6.07, 6.45) is 5.75. The quantitative estimate of drug-likeness (QED) is 0.430. The highest BCUT2D eigenvalue weighted by atomic mass is 16.5. The minimum atomic E-state index is 0.268. The number of nitrogens with zero attached hydrogens (tertiary/aromatic N) is 1. The average Bonchev–Trinajstić information content (AvgIpc) is 3.35. The van der Waals surface area contributed by atoms with Crippen LogP contribution in [0.1, 0.15) is 36.8 Å². The van der Waals surface area contributed by atoms with Crippen molar-refractivity contribution in [1.29, 1.82) is 0 Å². The van der Waals surface area contributed by atoms with E-state index in [4.69, 9.17) is 18.9 Å². The van der Waals surface area contributed by atoms with Gasteiger partial charge in [0.15, 0.2) is 29.0 Å². The molecule has 2 N–H and O–H groups in total. The molecule has 7 heteroatoms. The molecule has 0 unspecified atom stereocenters. The molecule has 0 radical (unpaired) electrons. The van der Waals surface area contributed by atoms with Gasteiger partial charge in [0, 0.05) is 25.7 Å². The second-order valence-corrected chi connectivity index (χ2v) is 7.76. The Kier molecular flexibility index (Phi) is 8.90. The third-order valence-electron chi connectivity index (χ3n) is 5.69. The predicted molar refractivity (Wildman–Crippen MR) is 127 cm³/mol. The first-order valence-corrected chi connectivity index (χ1v) is 11.2. The highest BCUT2D eigenvalue weighted by Crippen LogP contribution is 2.34. The predicted octanol–water partition coefficient (Wildman–Crippen LogP) is 3.94. The lowest BCUT2D eigenvalue weighted by Gasteiger charge is -2.20. The lowest BCUT2D eigenvalue weighted by molar-refractivity contribution is 0.198. The molecule has 1 saturated carbocycles. The molecule has 2 aromatic carbocycles. The molecule has 32 heavy (non-hydrogen) atoms. The normalized spacial score (nSPS) is 14.2. The largest absolute Gasteiger partial charge is 0.493 e.